The van der Waals surface area contributed by atoms with E-state index in [0.717, 1.165) is 37.0 Å². The van der Waals surface area contributed by atoms with Gasteiger partial charge in [-0.2, -0.15) is 0 Å². The fourth-order valence-electron chi connectivity index (χ4n) is 1.86. The van der Waals surface area contributed by atoms with Crippen LogP contribution in [0.5, 0.6) is 5.88 Å². The quantitative estimate of drug-likeness (QED) is 0.817. The van der Waals surface area contributed by atoms with Crippen LogP contribution in [0.1, 0.15) is 58.2 Å². The lowest BCUT2D eigenvalue weighted by Crippen LogP contribution is -2.27. The lowest BCUT2D eigenvalue weighted by molar-refractivity contribution is 0.0986. The van der Waals surface area contributed by atoms with Crippen molar-refractivity contribution in [2.24, 2.45) is 0 Å². The Bertz CT molecular complexity index is 425. The van der Waals surface area contributed by atoms with Gasteiger partial charge in [0.05, 0.1) is 0 Å². The molecule has 1 saturated carbocycles. The SMILES string of the molecule is CCc1cc(CNC2CC2)cc(OC(C)(C)CC)n1. The topological polar surface area (TPSA) is 34.1 Å². The van der Waals surface area contributed by atoms with E-state index in [2.05, 4.69) is 50.1 Å². The van der Waals surface area contributed by atoms with Gasteiger partial charge in [-0.25, -0.2) is 4.98 Å². The number of ether oxygens (including phenoxy) is 1. The smallest absolute Gasteiger partial charge is 0.214 e. The minimum Gasteiger partial charge on any atom is -0.472 e. The molecular weight excluding hydrogens is 236 g/mol. The highest BCUT2D eigenvalue weighted by molar-refractivity contribution is 5.26. The lowest BCUT2D eigenvalue weighted by atomic mass is 10.1. The van der Waals surface area contributed by atoms with Gasteiger partial charge in [0.1, 0.15) is 5.60 Å². The number of aryl methyl sites for hydroxylation is 1. The molecule has 1 aliphatic rings. The fourth-order valence-corrected chi connectivity index (χ4v) is 1.86. The third kappa shape index (κ3) is 4.50. The molecule has 0 atom stereocenters. The summed E-state index contributed by atoms with van der Waals surface area (Å²) in [5.74, 6) is 0.763. The Labute approximate surface area is 116 Å². The van der Waals surface area contributed by atoms with Gasteiger partial charge in [-0.05, 0) is 51.2 Å². The summed E-state index contributed by atoms with van der Waals surface area (Å²) in [5, 5.41) is 3.54. The van der Waals surface area contributed by atoms with Crippen LogP contribution in [0.25, 0.3) is 0 Å². The second-order valence-corrected chi connectivity index (χ2v) is 6.03. The number of hydrogen-bond acceptors (Lipinski definition) is 3. The van der Waals surface area contributed by atoms with Crippen LogP contribution in [0, 0.1) is 0 Å². The first-order valence-electron chi connectivity index (χ1n) is 7.44. The summed E-state index contributed by atoms with van der Waals surface area (Å²) >= 11 is 0. The summed E-state index contributed by atoms with van der Waals surface area (Å²) < 4.78 is 6.02. The zero-order valence-electron chi connectivity index (χ0n) is 12.6. The molecule has 1 N–H and O–H groups in total. The number of pyridine rings is 1. The van der Waals surface area contributed by atoms with Crippen molar-refractivity contribution in [3.63, 3.8) is 0 Å². The maximum Gasteiger partial charge on any atom is 0.214 e. The van der Waals surface area contributed by atoms with Crippen LogP contribution in [-0.4, -0.2) is 16.6 Å². The van der Waals surface area contributed by atoms with Gasteiger partial charge in [-0.1, -0.05) is 13.8 Å². The van der Waals surface area contributed by atoms with Gasteiger partial charge in [0.2, 0.25) is 5.88 Å². The predicted octanol–water partition coefficient (Wildman–Crippen LogP) is 3.46. The number of hydrogen-bond donors (Lipinski definition) is 1. The summed E-state index contributed by atoms with van der Waals surface area (Å²) in [5.41, 5.74) is 2.23. The lowest BCUT2D eigenvalue weighted by Gasteiger charge is -2.24. The summed E-state index contributed by atoms with van der Waals surface area (Å²) in [6, 6.07) is 4.99. The van der Waals surface area contributed by atoms with Crippen molar-refractivity contribution >= 4 is 0 Å². The zero-order chi connectivity index (χ0) is 13.9. The Morgan fingerprint density at radius 1 is 1.32 bits per heavy atom. The number of nitrogens with zero attached hydrogens (tertiary/aromatic N) is 1. The summed E-state index contributed by atoms with van der Waals surface area (Å²) in [6.07, 6.45) is 4.55. The molecule has 3 heteroatoms. The molecule has 2 rings (SSSR count). The average molecular weight is 262 g/mol. The molecule has 0 radical (unpaired) electrons. The van der Waals surface area contributed by atoms with E-state index >= 15 is 0 Å². The fraction of sp³-hybridized carbons (Fsp3) is 0.688. The van der Waals surface area contributed by atoms with Crippen molar-refractivity contribution in [2.45, 2.75) is 71.6 Å². The van der Waals surface area contributed by atoms with E-state index in [1.54, 1.807) is 0 Å². The van der Waals surface area contributed by atoms with E-state index in [0.29, 0.717) is 0 Å². The minimum atomic E-state index is -0.152. The highest BCUT2D eigenvalue weighted by atomic mass is 16.5. The monoisotopic (exact) mass is 262 g/mol. The van der Waals surface area contributed by atoms with Gasteiger partial charge in [0, 0.05) is 24.3 Å². The number of aromatic nitrogens is 1. The van der Waals surface area contributed by atoms with Gasteiger partial charge in [-0.3, -0.25) is 0 Å². The largest absolute Gasteiger partial charge is 0.472 e. The van der Waals surface area contributed by atoms with Crippen molar-refractivity contribution in [1.29, 1.82) is 0 Å². The van der Waals surface area contributed by atoms with E-state index < -0.39 is 0 Å². The maximum absolute atomic E-state index is 6.02. The predicted molar refractivity (Wildman–Crippen MR) is 78.5 cm³/mol. The van der Waals surface area contributed by atoms with Crippen molar-refractivity contribution in [3.8, 4) is 5.88 Å². The molecule has 1 aliphatic carbocycles. The maximum atomic E-state index is 6.02. The van der Waals surface area contributed by atoms with Gasteiger partial charge >= 0.3 is 0 Å². The normalized spacial score (nSPS) is 15.6. The molecule has 0 spiro atoms. The summed E-state index contributed by atoms with van der Waals surface area (Å²) in [6.45, 7) is 9.41. The van der Waals surface area contributed by atoms with Crippen LogP contribution in [0.4, 0.5) is 0 Å². The Morgan fingerprint density at radius 3 is 2.63 bits per heavy atom. The first-order chi connectivity index (χ1) is 9.02. The molecule has 0 bridgehead atoms. The van der Waals surface area contributed by atoms with Gasteiger partial charge in [0.15, 0.2) is 0 Å². The molecule has 0 aromatic carbocycles. The zero-order valence-corrected chi connectivity index (χ0v) is 12.6. The molecule has 106 valence electrons. The molecule has 0 unspecified atom stereocenters. The second kappa shape index (κ2) is 5.91. The van der Waals surface area contributed by atoms with Crippen LogP contribution >= 0.6 is 0 Å². The van der Waals surface area contributed by atoms with Gasteiger partial charge in [-0.15, -0.1) is 0 Å². The van der Waals surface area contributed by atoms with Crippen molar-refractivity contribution in [1.82, 2.24) is 10.3 Å². The summed E-state index contributed by atoms with van der Waals surface area (Å²) in [4.78, 5) is 4.58. The van der Waals surface area contributed by atoms with E-state index in [4.69, 9.17) is 4.74 Å². The Kier molecular flexibility index (Phi) is 4.46. The molecule has 1 fully saturated rings. The molecule has 1 aromatic rings. The van der Waals surface area contributed by atoms with Crippen molar-refractivity contribution < 1.29 is 4.74 Å². The number of rotatable bonds is 7. The van der Waals surface area contributed by atoms with Gasteiger partial charge in [0.25, 0.3) is 0 Å². The second-order valence-electron chi connectivity index (χ2n) is 6.03. The minimum absolute atomic E-state index is 0.152. The van der Waals surface area contributed by atoms with Crippen molar-refractivity contribution in [2.75, 3.05) is 0 Å². The Hall–Kier alpha value is -1.09. The molecule has 0 saturated heterocycles. The van der Waals surface area contributed by atoms with E-state index in [-0.39, 0.29) is 5.60 Å². The van der Waals surface area contributed by atoms with Crippen molar-refractivity contribution in [3.05, 3.63) is 23.4 Å². The highest BCUT2D eigenvalue weighted by Gasteiger charge is 2.21. The van der Waals surface area contributed by atoms with E-state index in [1.165, 1.54) is 18.4 Å². The van der Waals surface area contributed by atoms with Gasteiger partial charge < -0.3 is 10.1 Å². The van der Waals surface area contributed by atoms with Crippen LogP contribution in [-0.2, 0) is 13.0 Å². The summed E-state index contributed by atoms with van der Waals surface area (Å²) in [7, 11) is 0. The molecule has 3 nitrogen and oxygen atoms in total. The highest BCUT2D eigenvalue weighted by Crippen LogP contribution is 2.23. The standard InChI is InChI=1S/C16H26N2O/c1-5-13-9-12(11-17-14-7-8-14)10-15(18-13)19-16(3,4)6-2/h9-10,14,17H,5-8,11H2,1-4H3. The average Bonchev–Trinajstić information content (AvgIpc) is 3.19. The van der Waals surface area contributed by atoms with E-state index in [1.807, 2.05) is 0 Å². The molecule has 0 aliphatic heterocycles. The molecular formula is C16H26N2O. The Morgan fingerprint density at radius 2 is 2.05 bits per heavy atom. The van der Waals surface area contributed by atoms with Crippen LogP contribution in [0.2, 0.25) is 0 Å². The number of nitrogens with one attached hydrogen (secondary N) is 1. The molecule has 1 aromatic heterocycles. The third-order valence-electron chi connectivity index (χ3n) is 3.68. The third-order valence-corrected chi connectivity index (χ3v) is 3.68. The molecule has 1 heterocycles. The van der Waals surface area contributed by atoms with Crippen LogP contribution in [0.15, 0.2) is 12.1 Å². The molecule has 0 amide bonds. The first kappa shape index (κ1) is 14.3. The van der Waals surface area contributed by atoms with E-state index in [9.17, 15) is 0 Å². The first-order valence-corrected chi connectivity index (χ1v) is 7.44. The van der Waals surface area contributed by atoms with Crippen LogP contribution < -0.4 is 10.1 Å². The molecule has 19 heavy (non-hydrogen) atoms. The van der Waals surface area contributed by atoms with Crippen LogP contribution in [0.3, 0.4) is 0 Å². The Balaban J connectivity index is 2.09.